The van der Waals surface area contributed by atoms with E-state index in [1.54, 1.807) is 14.2 Å². The average molecular weight is 291 g/mol. The molecule has 0 fully saturated rings. The topological polar surface area (TPSA) is 18.5 Å². The Morgan fingerprint density at radius 3 is 2.10 bits per heavy atom. The highest BCUT2D eigenvalue weighted by Gasteiger charge is 2.12. The van der Waals surface area contributed by atoms with E-state index in [0.29, 0.717) is 0 Å². The zero-order valence-corrected chi connectivity index (χ0v) is 12.8. The minimum absolute atomic E-state index is 0.0469. The SMILES string of the molecule is COc1ccc(CC(Cl)c2ccc(OC)cc2C)cc1. The van der Waals surface area contributed by atoms with E-state index in [1.807, 2.05) is 42.5 Å². The van der Waals surface area contributed by atoms with Crippen LogP contribution in [0.4, 0.5) is 0 Å². The van der Waals surface area contributed by atoms with Gasteiger partial charge in [0.1, 0.15) is 11.5 Å². The molecule has 0 amide bonds. The van der Waals surface area contributed by atoms with Gasteiger partial charge in [-0.2, -0.15) is 0 Å². The lowest BCUT2D eigenvalue weighted by molar-refractivity contribution is 0.414. The van der Waals surface area contributed by atoms with Crippen LogP contribution >= 0.6 is 11.6 Å². The number of ether oxygens (including phenoxy) is 2. The summed E-state index contributed by atoms with van der Waals surface area (Å²) >= 11 is 6.54. The van der Waals surface area contributed by atoms with Crippen molar-refractivity contribution < 1.29 is 9.47 Å². The van der Waals surface area contributed by atoms with Crippen molar-refractivity contribution in [1.82, 2.24) is 0 Å². The van der Waals surface area contributed by atoms with Gasteiger partial charge in [0.05, 0.1) is 19.6 Å². The highest BCUT2D eigenvalue weighted by atomic mass is 35.5. The van der Waals surface area contributed by atoms with Gasteiger partial charge in [-0.15, -0.1) is 11.6 Å². The maximum absolute atomic E-state index is 6.54. The lowest BCUT2D eigenvalue weighted by atomic mass is 10.00. The number of hydrogen-bond acceptors (Lipinski definition) is 2. The Balaban J connectivity index is 2.12. The van der Waals surface area contributed by atoms with Gasteiger partial charge >= 0.3 is 0 Å². The molecule has 106 valence electrons. The summed E-state index contributed by atoms with van der Waals surface area (Å²) in [5, 5.41) is -0.0469. The van der Waals surface area contributed by atoms with Crippen LogP contribution < -0.4 is 9.47 Å². The van der Waals surface area contributed by atoms with Crippen LogP contribution in [-0.2, 0) is 6.42 Å². The van der Waals surface area contributed by atoms with Crippen LogP contribution in [0.25, 0.3) is 0 Å². The Morgan fingerprint density at radius 2 is 1.55 bits per heavy atom. The van der Waals surface area contributed by atoms with Gasteiger partial charge in [-0.05, 0) is 54.3 Å². The smallest absolute Gasteiger partial charge is 0.119 e. The predicted octanol–water partition coefficient (Wildman–Crippen LogP) is 4.53. The molecule has 1 atom stereocenters. The van der Waals surface area contributed by atoms with Gasteiger partial charge in [-0.1, -0.05) is 18.2 Å². The van der Waals surface area contributed by atoms with E-state index in [1.165, 1.54) is 5.56 Å². The molecule has 0 spiro atoms. The Kier molecular flexibility index (Phi) is 4.91. The molecule has 20 heavy (non-hydrogen) atoms. The van der Waals surface area contributed by atoms with Crippen molar-refractivity contribution in [2.75, 3.05) is 14.2 Å². The number of benzene rings is 2. The summed E-state index contributed by atoms with van der Waals surface area (Å²) in [6.07, 6.45) is 0.790. The van der Waals surface area contributed by atoms with Crippen LogP contribution in [0.5, 0.6) is 11.5 Å². The molecule has 0 saturated carbocycles. The molecule has 2 aromatic carbocycles. The average Bonchev–Trinajstić information content (AvgIpc) is 2.47. The maximum atomic E-state index is 6.54. The fraction of sp³-hybridized carbons (Fsp3) is 0.294. The van der Waals surface area contributed by atoms with Gasteiger partial charge in [-0.3, -0.25) is 0 Å². The predicted molar refractivity (Wildman–Crippen MR) is 83.0 cm³/mol. The lowest BCUT2D eigenvalue weighted by Gasteiger charge is -2.14. The van der Waals surface area contributed by atoms with E-state index in [-0.39, 0.29) is 5.38 Å². The Morgan fingerprint density at radius 1 is 0.950 bits per heavy atom. The summed E-state index contributed by atoms with van der Waals surface area (Å²) in [6.45, 7) is 2.06. The first kappa shape index (κ1) is 14.7. The lowest BCUT2D eigenvalue weighted by Crippen LogP contribution is -1.99. The molecule has 0 N–H and O–H groups in total. The van der Waals surface area contributed by atoms with Crippen LogP contribution in [0.2, 0.25) is 0 Å². The molecule has 0 radical (unpaired) electrons. The zero-order chi connectivity index (χ0) is 14.5. The van der Waals surface area contributed by atoms with E-state index in [4.69, 9.17) is 21.1 Å². The fourth-order valence-electron chi connectivity index (χ4n) is 2.21. The van der Waals surface area contributed by atoms with Crippen molar-refractivity contribution in [3.05, 3.63) is 59.2 Å². The normalized spacial score (nSPS) is 12.0. The Bertz CT molecular complexity index is 564. The van der Waals surface area contributed by atoms with Gasteiger partial charge in [0.2, 0.25) is 0 Å². The molecule has 2 nitrogen and oxygen atoms in total. The van der Waals surface area contributed by atoms with Crippen LogP contribution in [-0.4, -0.2) is 14.2 Å². The number of alkyl halides is 1. The zero-order valence-electron chi connectivity index (χ0n) is 12.0. The Hall–Kier alpha value is -1.67. The van der Waals surface area contributed by atoms with E-state index in [2.05, 4.69) is 6.92 Å². The standard InChI is InChI=1S/C17H19ClO2/c1-12-10-15(20-3)8-9-16(12)17(18)11-13-4-6-14(19-2)7-5-13/h4-10,17H,11H2,1-3H3. The highest BCUT2D eigenvalue weighted by molar-refractivity contribution is 6.21. The fourth-order valence-corrected chi connectivity index (χ4v) is 2.63. The first-order valence-corrected chi connectivity index (χ1v) is 6.99. The molecule has 0 saturated heterocycles. The van der Waals surface area contributed by atoms with E-state index in [9.17, 15) is 0 Å². The third-order valence-corrected chi connectivity index (χ3v) is 3.78. The first-order valence-electron chi connectivity index (χ1n) is 6.55. The largest absolute Gasteiger partial charge is 0.497 e. The third kappa shape index (κ3) is 3.45. The number of rotatable bonds is 5. The molecule has 0 bridgehead atoms. The van der Waals surface area contributed by atoms with Crippen LogP contribution in [0.1, 0.15) is 22.1 Å². The Labute approximate surface area is 125 Å². The van der Waals surface area contributed by atoms with E-state index in [0.717, 1.165) is 29.0 Å². The summed E-state index contributed by atoms with van der Waals surface area (Å²) in [5.41, 5.74) is 3.49. The van der Waals surface area contributed by atoms with Crippen molar-refractivity contribution in [1.29, 1.82) is 0 Å². The van der Waals surface area contributed by atoms with Crippen molar-refractivity contribution >= 4 is 11.6 Å². The van der Waals surface area contributed by atoms with Gasteiger partial charge in [-0.25, -0.2) is 0 Å². The second-order valence-electron chi connectivity index (χ2n) is 4.74. The van der Waals surface area contributed by atoms with Crippen LogP contribution in [0, 0.1) is 6.92 Å². The number of hydrogen-bond donors (Lipinski definition) is 0. The van der Waals surface area contributed by atoms with Gasteiger partial charge in [0, 0.05) is 0 Å². The van der Waals surface area contributed by atoms with Crippen molar-refractivity contribution in [3.8, 4) is 11.5 Å². The monoisotopic (exact) mass is 290 g/mol. The quantitative estimate of drug-likeness (QED) is 0.753. The van der Waals surface area contributed by atoms with Crippen LogP contribution in [0.3, 0.4) is 0 Å². The van der Waals surface area contributed by atoms with Crippen molar-refractivity contribution in [2.24, 2.45) is 0 Å². The molecule has 3 heteroatoms. The second kappa shape index (κ2) is 6.67. The summed E-state index contributed by atoms with van der Waals surface area (Å²) in [7, 11) is 3.34. The number of aryl methyl sites for hydroxylation is 1. The summed E-state index contributed by atoms with van der Waals surface area (Å²) < 4.78 is 10.4. The summed E-state index contributed by atoms with van der Waals surface area (Å²) in [6, 6.07) is 14.0. The van der Waals surface area contributed by atoms with Crippen LogP contribution in [0.15, 0.2) is 42.5 Å². The molecule has 2 rings (SSSR count). The minimum atomic E-state index is -0.0469. The molecule has 0 heterocycles. The highest BCUT2D eigenvalue weighted by Crippen LogP contribution is 2.30. The molecule has 0 aliphatic rings. The van der Waals surface area contributed by atoms with Gasteiger partial charge in [0.25, 0.3) is 0 Å². The van der Waals surface area contributed by atoms with Crippen molar-refractivity contribution in [3.63, 3.8) is 0 Å². The summed E-state index contributed by atoms with van der Waals surface area (Å²) in [5.74, 6) is 1.72. The van der Waals surface area contributed by atoms with E-state index >= 15 is 0 Å². The molecule has 1 unspecified atom stereocenters. The van der Waals surface area contributed by atoms with Gasteiger partial charge < -0.3 is 9.47 Å². The van der Waals surface area contributed by atoms with Gasteiger partial charge in [0.15, 0.2) is 0 Å². The number of methoxy groups -OCH3 is 2. The molecule has 0 aromatic heterocycles. The summed E-state index contributed by atoms with van der Waals surface area (Å²) in [4.78, 5) is 0. The molecule has 0 aliphatic heterocycles. The maximum Gasteiger partial charge on any atom is 0.119 e. The molecule has 2 aromatic rings. The molecular weight excluding hydrogens is 272 g/mol. The molecular formula is C17H19ClO2. The second-order valence-corrected chi connectivity index (χ2v) is 5.27. The van der Waals surface area contributed by atoms with Crippen molar-refractivity contribution in [2.45, 2.75) is 18.7 Å². The minimum Gasteiger partial charge on any atom is -0.497 e. The molecule has 0 aliphatic carbocycles. The third-order valence-electron chi connectivity index (χ3n) is 3.39. The van der Waals surface area contributed by atoms with E-state index < -0.39 is 0 Å². The number of halogens is 1. The first-order chi connectivity index (χ1) is 9.63.